The molecule has 1 fully saturated rings. The van der Waals surface area contributed by atoms with Crippen LogP contribution in [0.4, 0.5) is 11.4 Å². The smallest absolute Gasteiger partial charge is 0.270 e. The second-order valence-corrected chi connectivity index (χ2v) is 10.8. The van der Waals surface area contributed by atoms with Crippen molar-refractivity contribution in [1.29, 1.82) is 0 Å². The van der Waals surface area contributed by atoms with Gasteiger partial charge < -0.3 is 4.57 Å². The molecular weight excluding hydrogens is 596 g/mol. The zero-order chi connectivity index (χ0) is 31.0. The summed E-state index contributed by atoms with van der Waals surface area (Å²) in [6.07, 6.45) is 1.56. The van der Waals surface area contributed by atoms with Crippen molar-refractivity contribution < 1.29 is 14.5 Å². The highest BCUT2D eigenvalue weighted by atomic mass is 35.5. The highest BCUT2D eigenvalue weighted by Gasteiger charge is 2.36. The summed E-state index contributed by atoms with van der Waals surface area (Å²) in [7, 11) is 0. The lowest BCUT2D eigenvalue weighted by Gasteiger charge is -2.30. The molecule has 1 aromatic heterocycles. The van der Waals surface area contributed by atoms with E-state index in [-0.39, 0.29) is 16.4 Å². The predicted octanol–water partition coefficient (Wildman–Crippen LogP) is 7.51. The third-order valence-electron chi connectivity index (χ3n) is 7.35. The summed E-state index contributed by atoms with van der Waals surface area (Å²) in [5, 5.41) is 14.5. The lowest BCUT2D eigenvalue weighted by Crippen LogP contribution is -2.54. The molecule has 0 unspecified atom stereocenters. The maximum atomic E-state index is 14.0. The molecule has 216 valence electrons. The number of aromatic nitrogens is 1. The van der Waals surface area contributed by atoms with E-state index in [1.807, 2.05) is 71.3 Å². The standard InChI is InChI=1S/C34H23ClN4O4S/c1-21-28(35)13-8-14-29(21)38-33(41)27(32(40)36-34(38)44)19-24-20-30(22-9-4-2-5-10-22)37(31(24)23-11-6-3-7-12-23)25-15-17-26(18-16-25)39(42)43/h2-20H,1H3,(H,36,40,44)/b27-19-. The molecule has 8 nitrogen and oxygen atoms in total. The van der Waals surface area contributed by atoms with E-state index in [0.717, 1.165) is 16.8 Å². The number of halogens is 1. The molecule has 0 bridgehead atoms. The third-order valence-corrected chi connectivity index (χ3v) is 8.04. The number of carbonyl (C=O) groups is 2. The van der Waals surface area contributed by atoms with E-state index < -0.39 is 16.7 Å². The molecule has 10 heteroatoms. The van der Waals surface area contributed by atoms with Gasteiger partial charge in [0.15, 0.2) is 5.11 Å². The summed E-state index contributed by atoms with van der Waals surface area (Å²) < 4.78 is 1.97. The van der Waals surface area contributed by atoms with Gasteiger partial charge in [-0.1, -0.05) is 78.3 Å². The Bertz CT molecular complexity index is 1990. The Morgan fingerprint density at radius 3 is 2.14 bits per heavy atom. The highest BCUT2D eigenvalue weighted by Crippen LogP contribution is 2.38. The van der Waals surface area contributed by atoms with Gasteiger partial charge in [0, 0.05) is 28.4 Å². The van der Waals surface area contributed by atoms with Crippen molar-refractivity contribution >= 4 is 58.2 Å². The van der Waals surface area contributed by atoms with Gasteiger partial charge in [0.1, 0.15) is 5.57 Å². The lowest BCUT2D eigenvalue weighted by molar-refractivity contribution is -0.384. The minimum absolute atomic E-state index is 0.0392. The molecule has 4 aromatic carbocycles. The fraction of sp³-hybridized carbons (Fsp3) is 0.0294. The first-order valence-corrected chi connectivity index (χ1v) is 14.3. The largest absolute Gasteiger partial charge is 0.309 e. The predicted molar refractivity (Wildman–Crippen MR) is 176 cm³/mol. The van der Waals surface area contributed by atoms with E-state index in [4.69, 9.17) is 23.8 Å². The number of non-ortho nitro benzene ring substituents is 1. The van der Waals surface area contributed by atoms with E-state index in [2.05, 4.69) is 5.32 Å². The Kier molecular flexibility index (Phi) is 7.65. The zero-order valence-electron chi connectivity index (χ0n) is 23.2. The van der Waals surface area contributed by atoms with Crippen LogP contribution in [0.1, 0.15) is 11.1 Å². The molecule has 1 aliphatic heterocycles. The number of thiocarbonyl (C=S) groups is 1. The molecule has 6 rings (SSSR count). The van der Waals surface area contributed by atoms with Crippen LogP contribution in [0, 0.1) is 17.0 Å². The topological polar surface area (TPSA) is 97.5 Å². The maximum absolute atomic E-state index is 14.0. The number of amides is 2. The van der Waals surface area contributed by atoms with Crippen LogP contribution in [0.25, 0.3) is 34.3 Å². The Morgan fingerprint density at radius 1 is 0.864 bits per heavy atom. The quantitative estimate of drug-likeness (QED) is 0.0698. The molecule has 44 heavy (non-hydrogen) atoms. The molecule has 1 saturated heterocycles. The minimum atomic E-state index is -0.626. The summed E-state index contributed by atoms with van der Waals surface area (Å²) in [6, 6.07) is 32.4. The summed E-state index contributed by atoms with van der Waals surface area (Å²) >= 11 is 11.8. The molecule has 5 aromatic rings. The fourth-order valence-electron chi connectivity index (χ4n) is 5.21. The number of nitro benzene ring substituents is 1. The average Bonchev–Trinajstić information content (AvgIpc) is 3.41. The molecule has 0 aliphatic carbocycles. The van der Waals surface area contributed by atoms with Gasteiger partial charge in [0.25, 0.3) is 17.5 Å². The van der Waals surface area contributed by atoms with Gasteiger partial charge in [-0.3, -0.25) is 29.9 Å². The van der Waals surface area contributed by atoms with Crippen LogP contribution >= 0.6 is 23.8 Å². The third kappa shape index (κ3) is 5.19. The van der Waals surface area contributed by atoms with Crippen LogP contribution in [0.2, 0.25) is 5.02 Å². The van der Waals surface area contributed by atoms with Crippen molar-refractivity contribution in [2.24, 2.45) is 0 Å². The summed E-state index contributed by atoms with van der Waals surface area (Å²) in [5.74, 6) is -1.22. The first-order valence-electron chi connectivity index (χ1n) is 13.5. The van der Waals surface area contributed by atoms with Crippen molar-refractivity contribution in [1.82, 2.24) is 9.88 Å². The molecule has 0 saturated carbocycles. The van der Waals surface area contributed by atoms with Crippen LogP contribution in [-0.2, 0) is 9.59 Å². The molecule has 2 amide bonds. The Labute approximate surface area is 263 Å². The number of nitrogens with zero attached hydrogens (tertiary/aromatic N) is 3. The number of benzene rings is 4. The number of hydrogen-bond acceptors (Lipinski definition) is 5. The Balaban J connectivity index is 1.60. The van der Waals surface area contributed by atoms with E-state index >= 15 is 0 Å². The molecule has 1 N–H and O–H groups in total. The SMILES string of the molecule is Cc1c(Cl)cccc1N1C(=O)/C(=C\c2cc(-c3ccccc3)n(-c3ccc([N+](=O)[O-])cc3)c2-c2ccccc2)C(=O)NC1=S. The van der Waals surface area contributed by atoms with Gasteiger partial charge in [0.2, 0.25) is 0 Å². The van der Waals surface area contributed by atoms with Crippen molar-refractivity contribution in [3.63, 3.8) is 0 Å². The second kappa shape index (κ2) is 11.7. The van der Waals surface area contributed by atoms with Crippen molar-refractivity contribution in [3.8, 4) is 28.2 Å². The summed E-state index contributed by atoms with van der Waals surface area (Å²) in [5.41, 5.74) is 5.31. The van der Waals surface area contributed by atoms with Gasteiger partial charge in [-0.2, -0.15) is 0 Å². The van der Waals surface area contributed by atoms with E-state index in [1.165, 1.54) is 17.0 Å². The zero-order valence-corrected chi connectivity index (χ0v) is 24.8. The van der Waals surface area contributed by atoms with Crippen LogP contribution in [0.5, 0.6) is 0 Å². The summed E-state index contributed by atoms with van der Waals surface area (Å²) in [6.45, 7) is 1.78. The number of anilines is 1. The van der Waals surface area contributed by atoms with Gasteiger partial charge in [0.05, 0.1) is 22.0 Å². The number of nitrogens with one attached hydrogen (secondary N) is 1. The van der Waals surface area contributed by atoms with Crippen LogP contribution in [0.3, 0.4) is 0 Å². The number of carbonyl (C=O) groups excluding carboxylic acids is 2. The van der Waals surface area contributed by atoms with Gasteiger partial charge in [-0.15, -0.1) is 0 Å². The minimum Gasteiger partial charge on any atom is -0.309 e. The molecular formula is C34H23ClN4O4S. The number of rotatable bonds is 6. The first-order chi connectivity index (χ1) is 21.2. The maximum Gasteiger partial charge on any atom is 0.270 e. The number of hydrogen-bond donors (Lipinski definition) is 1. The van der Waals surface area contributed by atoms with Gasteiger partial charge in [-0.25, -0.2) is 0 Å². The molecule has 2 heterocycles. The Hall–Kier alpha value is -5.38. The van der Waals surface area contributed by atoms with Crippen molar-refractivity contribution in [2.75, 3.05) is 4.90 Å². The number of nitro groups is 1. The monoisotopic (exact) mass is 618 g/mol. The highest BCUT2D eigenvalue weighted by molar-refractivity contribution is 7.80. The van der Waals surface area contributed by atoms with E-state index in [0.29, 0.717) is 33.2 Å². The first kappa shape index (κ1) is 28.7. The van der Waals surface area contributed by atoms with Crippen LogP contribution < -0.4 is 10.2 Å². The van der Waals surface area contributed by atoms with Gasteiger partial charge >= 0.3 is 0 Å². The van der Waals surface area contributed by atoms with E-state index in [1.54, 1.807) is 43.3 Å². The molecule has 0 spiro atoms. The Morgan fingerprint density at radius 2 is 1.50 bits per heavy atom. The second-order valence-electron chi connectivity index (χ2n) is 10.0. The molecule has 0 atom stereocenters. The summed E-state index contributed by atoms with van der Waals surface area (Å²) in [4.78, 5) is 39.5. The van der Waals surface area contributed by atoms with Crippen molar-refractivity contribution in [3.05, 3.63) is 141 Å². The lowest BCUT2D eigenvalue weighted by atomic mass is 10.0. The molecule has 0 radical (unpaired) electrons. The van der Waals surface area contributed by atoms with Crippen LogP contribution in [-0.4, -0.2) is 26.4 Å². The fourth-order valence-corrected chi connectivity index (χ4v) is 5.66. The van der Waals surface area contributed by atoms with E-state index in [9.17, 15) is 19.7 Å². The normalized spacial score (nSPS) is 14.2. The van der Waals surface area contributed by atoms with Crippen molar-refractivity contribution in [2.45, 2.75) is 6.92 Å². The average molecular weight is 619 g/mol. The van der Waals surface area contributed by atoms with Gasteiger partial charge in [-0.05, 0) is 72.2 Å². The molecule has 1 aliphatic rings. The van der Waals surface area contributed by atoms with Crippen LogP contribution in [0.15, 0.2) is 115 Å².